The van der Waals surface area contributed by atoms with Crippen molar-refractivity contribution in [3.63, 3.8) is 0 Å². The van der Waals surface area contributed by atoms with Gasteiger partial charge in [-0.05, 0) is 55.3 Å². The molecule has 2 N–H and O–H groups in total. The van der Waals surface area contributed by atoms with E-state index >= 15 is 0 Å². The van der Waals surface area contributed by atoms with Crippen molar-refractivity contribution in [2.75, 3.05) is 24.4 Å². The molecule has 0 saturated carbocycles. The van der Waals surface area contributed by atoms with Gasteiger partial charge in [-0.2, -0.15) is 0 Å². The van der Waals surface area contributed by atoms with Gasteiger partial charge < -0.3 is 20.1 Å². The molecule has 0 aliphatic carbocycles. The molecule has 2 amide bonds. The summed E-state index contributed by atoms with van der Waals surface area (Å²) in [6.07, 6.45) is 0.470. The summed E-state index contributed by atoms with van der Waals surface area (Å²) in [6, 6.07) is 12.0. The summed E-state index contributed by atoms with van der Waals surface area (Å²) < 4.78 is 10.7. The minimum absolute atomic E-state index is 0.0248. The van der Waals surface area contributed by atoms with Crippen LogP contribution in [0.4, 0.5) is 11.4 Å². The smallest absolute Gasteiger partial charge is 0.255 e. The van der Waals surface area contributed by atoms with Crippen LogP contribution in [-0.2, 0) is 4.79 Å². The van der Waals surface area contributed by atoms with Gasteiger partial charge in [0.1, 0.15) is 0 Å². The standard InChI is InChI=1S/C21H26N2O4/c1-5-27-18-11-6-15(13-19(18)26-4)21(25)23-17-9-7-16(8-10-17)22-20(24)12-14(2)3/h6-11,13-14H,5,12H2,1-4H3,(H,22,24)(H,23,25). The van der Waals surface area contributed by atoms with Crippen molar-refractivity contribution >= 4 is 23.2 Å². The van der Waals surface area contributed by atoms with Crippen LogP contribution in [-0.4, -0.2) is 25.5 Å². The van der Waals surface area contributed by atoms with Crippen LogP contribution in [0.2, 0.25) is 0 Å². The van der Waals surface area contributed by atoms with Crippen molar-refractivity contribution in [1.82, 2.24) is 0 Å². The molecule has 6 nitrogen and oxygen atoms in total. The molecule has 2 aromatic carbocycles. The van der Waals surface area contributed by atoms with Crippen molar-refractivity contribution in [3.8, 4) is 11.5 Å². The predicted octanol–water partition coefficient (Wildman–Crippen LogP) is 4.33. The van der Waals surface area contributed by atoms with Crippen LogP contribution in [0.25, 0.3) is 0 Å². The number of carbonyl (C=O) groups is 2. The Morgan fingerprint density at radius 2 is 1.59 bits per heavy atom. The van der Waals surface area contributed by atoms with E-state index in [-0.39, 0.29) is 11.8 Å². The summed E-state index contributed by atoms with van der Waals surface area (Å²) >= 11 is 0. The first-order chi connectivity index (χ1) is 12.9. The third-order valence-electron chi connectivity index (χ3n) is 3.75. The Balaban J connectivity index is 2.02. The van der Waals surface area contributed by atoms with Crippen molar-refractivity contribution < 1.29 is 19.1 Å². The van der Waals surface area contributed by atoms with Gasteiger partial charge in [0.25, 0.3) is 5.91 Å². The maximum atomic E-state index is 12.5. The minimum atomic E-state index is -0.257. The Labute approximate surface area is 159 Å². The fourth-order valence-electron chi connectivity index (χ4n) is 2.51. The van der Waals surface area contributed by atoms with Gasteiger partial charge in [-0.15, -0.1) is 0 Å². The van der Waals surface area contributed by atoms with Gasteiger partial charge in [-0.1, -0.05) is 13.8 Å². The van der Waals surface area contributed by atoms with Crippen molar-refractivity contribution in [1.29, 1.82) is 0 Å². The molecule has 27 heavy (non-hydrogen) atoms. The van der Waals surface area contributed by atoms with E-state index in [1.807, 2.05) is 20.8 Å². The number of rotatable bonds is 8. The number of hydrogen-bond acceptors (Lipinski definition) is 4. The number of carbonyl (C=O) groups excluding carboxylic acids is 2. The lowest BCUT2D eigenvalue weighted by Gasteiger charge is -2.12. The molecule has 2 aromatic rings. The second kappa shape index (κ2) is 9.62. The Kier molecular flexibility index (Phi) is 7.23. The van der Waals surface area contributed by atoms with Gasteiger partial charge in [0, 0.05) is 23.4 Å². The SMILES string of the molecule is CCOc1ccc(C(=O)Nc2ccc(NC(=O)CC(C)C)cc2)cc1OC. The summed E-state index contributed by atoms with van der Waals surface area (Å²) in [5, 5.41) is 5.66. The molecule has 144 valence electrons. The fourth-order valence-corrected chi connectivity index (χ4v) is 2.51. The molecule has 0 unspecified atom stereocenters. The molecule has 0 saturated heterocycles. The molecule has 6 heteroatoms. The number of hydrogen-bond donors (Lipinski definition) is 2. The van der Waals surface area contributed by atoms with E-state index in [1.165, 1.54) is 7.11 Å². The van der Waals surface area contributed by atoms with Gasteiger partial charge in [0.2, 0.25) is 5.91 Å². The van der Waals surface area contributed by atoms with Crippen LogP contribution >= 0.6 is 0 Å². The van der Waals surface area contributed by atoms with Crippen molar-refractivity contribution in [2.45, 2.75) is 27.2 Å². The Morgan fingerprint density at radius 3 is 2.15 bits per heavy atom. The summed E-state index contributed by atoms with van der Waals surface area (Å²) in [6.45, 7) is 6.39. The summed E-state index contributed by atoms with van der Waals surface area (Å²) in [4.78, 5) is 24.3. The molecular weight excluding hydrogens is 344 g/mol. The highest BCUT2D eigenvalue weighted by atomic mass is 16.5. The number of ether oxygens (including phenoxy) is 2. The summed E-state index contributed by atoms with van der Waals surface area (Å²) in [5.74, 6) is 1.12. The molecule has 0 radical (unpaired) electrons. The number of benzene rings is 2. The Morgan fingerprint density at radius 1 is 0.963 bits per heavy atom. The number of methoxy groups -OCH3 is 1. The molecule has 0 bridgehead atoms. The first-order valence-corrected chi connectivity index (χ1v) is 8.95. The fraction of sp³-hybridized carbons (Fsp3) is 0.333. The lowest BCUT2D eigenvalue weighted by Crippen LogP contribution is -2.14. The average Bonchev–Trinajstić information content (AvgIpc) is 2.63. The predicted molar refractivity (Wildman–Crippen MR) is 107 cm³/mol. The molecule has 0 atom stereocenters. The van der Waals surface area contributed by atoms with E-state index in [0.717, 1.165) is 0 Å². The lowest BCUT2D eigenvalue weighted by atomic mass is 10.1. The van der Waals surface area contributed by atoms with Crippen LogP contribution in [0.15, 0.2) is 42.5 Å². The average molecular weight is 370 g/mol. The van der Waals surface area contributed by atoms with Crippen molar-refractivity contribution in [3.05, 3.63) is 48.0 Å². The Bertz CT molecular complexity index is 785. The van der Waals surface area contributed by atoms with Crippen LogP contribution in [0.5, 0.6) is 11.5 Å². The highest BCUT2D eigenvalue weighted by Gasteiger charge is 2.12. The van der Waals surface area contributed by atoms with Gasteiger partial charge in [-0.3, -0.25) is 9.59 Å². The van der Waals surface area contributed by atoms with E-state index in [2.05, 4.69) is 10.6 Å². The van der Waals surface area contributed by atoms with E-state index in [4.69, 9.17) is 9.47 Å². The molecule has 0 fully saturated rings. The largest absolute Gasteiger partial charge is 0.493 e. The normalized spacial score (nSPS) is 10.4. The van der Waals surface area contributed by atoms with E-state index in [1.54, 1.807) is 42.5 Å². The topological polar surface area (TPSA) is 76.7 Å². The van der Waals surface area contributed by atoms with Crippen LogP contribution in [0.3, 0.4) is 0 Å². The molecule has 0 spiro atoms. The maximum Gasteiger partial charge on any atom is 0.255 e. The number of nitrogens with one attached hydrogen (secondary N) is 2. The molecule has 0 heterocycles. The third-order valence-corrected chi connectivity index (χ3v) is 3.75. The van der Waals surface area contributed by atoms with Gasteiger partial charge >= 0.3 is 0 Å². The third kappa shape index (κ3) is 6.02. The zero-order chi connectivity index (χ0) is 19.8. The maximum absolute atomic E-state index is 12.5. The second-order valence-corrected chi connectivity index (χ2v) is 6.48. The van der Waals surface area contributed by atoms with Crippen LogP contribution in [0, 0.1) is 5.92 Å². The van der Waals surface area contributed by atoms with E-state index in [9.17, 15) is 9.59 Å². The number of anilines is 2. The molecule has 0 aliphatic heterocycles. The summed E-state index contributed by atoms with van der Waals surface area (Å²) in [7, 11) is 1.53. The van der Waals surface area contributed by atoms with E-state index in [0.29, 0.717) is 47.4 Å². The zero-order valence-corrected chi connectivity index (χ0v) is 16.2. The first-order valence-electron chi connectivity index (χ1n) is 8.95. The zero-order valence-electron chi connectivity index (χ0n) is 16.2. The minimum Gasteiger partial charge on any atom is -0.493 e. The highest BCUT2D eigenvalue weighted by molar-refractivity contribution is 6.04. The van der Waals surface area contributed by atoms with Gasteiger partial charge in [0.15, 0.2) is 11.5 Å². The monoisotopic (exact) mass is 370 g/mol. The van der Waals surface area contributed by atoms with E-state index < -0.39 is 0 Å². The molecule has 2 rings (SSSR count). The number of amides is 2. The van der Waals surface area contributed by atoms with Gasteiger partial charge in [-0.25, -0.2) is 0 Å². The summed E-state index contributed by atoms with van der Waals surface area (Å²) in [5.41, 5.74) is 1.79. The first kappa shape index (κ1) is 20.3. The Hall–Kier alpha value is -3.02. The second-order valence-electron chi connectivity index (χ2n) is 6.48. The molecule has 0 aliphatic rings. The molecule has 0 aromatic heterocycles. The highest BCUT2D eigenvalue weighted by Crippen LogP contribution is 2.28. The lowest BCUT2D eigenvalue weighted by molar-refractivity contribution is -0.116. The quantitative estimate of drug-likeness (QED) is 0.725. The van der Waals surface area contributed by atoms with Crippen LogP contribution in [0.1, 0.15) is 37.6 Å². The van der Waals surface area contributed by atoms with Crippen LogP contribution < -0.4 is 20.1 Å². The van der Waals surface area contributed by atoms with Crippen molar-refractivity contribution in [2.24, 2.45) is 5.92 Å². The van der Waals surface area contributed by atoms with Gasteiger partial charge in [0.05, 0.1) is 13.7 Å². The molecular formula is C21H26N2O4.